The van der Waals surface area contributed by atoms with Gasteiger partial charge in [0.05, 0.1) is 5.56 Å². The number of H-pyrrole nitrogens is 1. The van der Waals surface area contributed by atoms with Crippen molar-refractivity contribution in [3.63, 3.8) is 0 Å². The highest BCUT2D eigenvalue weighted by molar-refractivity contribution is 5.94. The summed E-state index contributed by atoms with van der Waals surface area (Å²) in [6.45, 7) is -0.647. The summed E-state index contributed by atoms with van der Waals surface area (Å²) in [5, 5.41) is 0. The van der Waals surface area contributed by atoms with Crippen LogP contribution in [0.25, 0.3) is 0 Å². The lowest BCUT2D eigenvalue weighted by Crippen LogP contribution is -2.48. The van der Waals surface area contributed by atoms with Crippen molar-refractivity contribution in [2.24, 2.45) is 0 Å². The van der Waals surface area contributed by atoms with Crippen molar-refractivity contribution in [1.29, 1.82) is 0 Å². The molecule has 1 aliphatic heterocycles. The Kier molecular flexibility index (Phi) is 4.66. The van der Waals surface area contributed by atoms with Crippen LogP contribution < -0.4 is 5.56 Å². The molecule has 1 N–H and O–H groups in total. The molecule has 1 aromatic heterocycles. The second kappa shape index (κ2) is 6.30. The van der Waals surface area contributed by atoms with Crippen molar-refractivity contribution >= 4 is 5.91 Å². The maximum Gasteiger partial charge on any atom is 0.406 e. The molecule has 21 heavy (non-hydrogen) atoms. The van der Waals surface area contributed by atoms with Gasteiger partial charge in [-0.1, -0.05) is 0 Å². The summed E-state index contributed by atoms with van der Waals surface area (Å²) in [4.78, 5) is 26.4. The molecule has 1 saturated heterocycles. The Labute approximate surface area is 118 Å². The molecule has 0 atom stereocenters. The van der Waals surface area contributed by atoms with E-state index in [4.69, 9.17) is 4.74 Å². The Morgan fingerprint density at radius 2 is 2.00 bits per heavy atom. The van der Waals surface area contributed by atoms with Gasteiger partial charge in [-0.15, -0.1) is 0 Å². The molecule has 1 aliphatic rings. The number of pyridine rings is 1. The summed E-state index contributed by atoms with van der Waals surface area (Å²) >= 11 is 0. The first-order valence-electron chi connectivity index (χ1n) is 6.51. The topological polar surface area (TPSA) is 62.4 Å². The SMILES string of the molecule is O=C(c1ccc(=O)[nH]c1)N(CC(F)(F)F)C1CCOCC1. The highest BCUT2D eigenvalue weighted by atomic mass is 19.4. The summed E-state index contributed by atoms with van der Waals surface area (Å²) < 4.78 is 43.3. The smallest absolute Gasteiger partial charge is 0.381 e. The van der Waals surface area contributed by atoms with Gasteiger partial charge in [0.15, 0.2) is 0 Å². The number of rotatable bonds is 3. The Bertz CT molecular complexity index is 530. The molecule has 0 aromatic carbocycles. The molecule has 1 aromatic rings. The molecule has 0 aliphatic carbocycles. The molecule has 2 heterocycles. The number of carbonyl (C=O) groups is 1. The zero-order valence-corrected chi connectivity index (χ0v) is 11.2. The van der Waals surface area contributed by atoms with Crippen LogP contribution in [0.2, 0.25) is 0 Å². The molecule has 1 fully saturated rings. The first kappa shape index (κ1) is 15.6. The second-order valence-electron chi connectivity index (χ2n) is 4.83. The van der Waals surface area contributed by atoms with Crippen LogP contribution in [0.5, 0.6) is 0 Å². The fourth-order valence-electron chi connectivity index (χ4n) is 2.27. The van der Waals surface area contributed by atoms with Gasteiger partial charge in [-0.2, -0.15) is 13.2 Å². The van der Waals surface area contributed by atoms with E-state index >= 15 is 0 Å². The second-order valence-corrected chi connectivity index (χ2v) is 4.83. The zero-order chi connectivity index (χ0) is 15.5. The molecule has 0 radical (unpaired) electrons. The minimum atomic E-state index is -4.48. The van der Waals surface area contributed by atoms with Gasteiger partial charge >= 0.3 is 6.18 Å². The van der Waals surface area contributed by atoms with Crippen LogP contribution in [0.15, 0.2) is 23.1 Å². The summed E-state index contributed by atoms with van der Waals surface area (Å²) in [7, 11) is 0. The Morgan fingerprint density at radius 3 is 2.52 bits per heavy atom. The van der Waals surface area contributed by atoms with E-state index in [9.17, 15) is 22.8 Å². The first-order valence-corrected chi connectivity index (χ1v) is 6.51. The number of halogens is 3. The van der Waals surface area contributed by atoms with E-state index in [1.807, 2.05) is 0 Å². The van der Waals surface area contributed by atoms with Gasteiger partial charge in [0.25, 0.3) is 5.91 Å². The summed E-state index contributed by atoms with van der Waals surface area (Å²) in [5.41, 5.74) is -0.384. The molecule has 116 valence electrons. The fraction of sp³-hybridized carbons (Fsp3) is 0.538. The van der Waals surface area contributed by atoms with Crippen LogP contribution >= 0.6 is 0 Å². The molecule has 0 unspecified atom stereocenters. The number of nitrogens with zero attached hydrogens (tertiary/aromatic N) is 1. The van der Waals surface area contributed by atoms with Crippen molar-refractivity contribution in [1.82, 2.24) is 9.88 Å². The average Bonchev–Trinajstić information content (AvgIpc) is 2.45. The summed E-state index contributed by atoms with van der Waals surface area (Å²) in [6.07, 6.45) is -2.61. The quantitative estimate of drug-likeness (QED) is 0.922. The molecule has 8 heteroatoms. The number of aromatic nitrogens is 1. The predicted octanol–water partition coefficient (Wildman–Crippen LogP) is 1.56. The van der Waals surface area contributed by atoms with Crippen molar-refractivity contribution in [3.05, 3.63) is 34.2 Å². The molecule has 0 bridgehead atoms. The van der Waals surface area contributed by atoms with Crippen LogP contribution in [0, 0.1) is 0 Å². The number of carbonyl (C=O) groups excluding carboxylic acids is 1. The van der Waals surface area contributed by atoms with E-state index in [2.05, 4.69) is 4.98 Å². The number of alkyl halides is 3. The number of hydrogen-bond donors (Lipinski definition) is 1. The summed E-state index contributed by atoms with van der Waals surface area (Å²) in [5.74, 6) is -0.740. The maximum absolute atomic E-state index is 12.7. The van der Waals surface area contributed by atoms with Gasteiger partial charge in [-0.25, -0.2) is 0 Å². The van der Waals surface area contributed by atoms with Gasteiger partial charge in [-0.05, 0) is 18.9 Å². The van der Waals surface area contributed by atoms with Crippen molar-refractivity contribution in [2.45, 2.75) is 25.1 Å². The summed E-state index contributed by atoms with van der Waals surface area (Å²) in [6, 6.07) is 1.83. The van der Waals surface area contributed by atoms with Crippen LogP contribution in [0.4, 0.5) is 13.2 Å². The van der Waals surface area contributed by atoms with Crippen molar-refractivity contribution < 1.29 is 22.7 Å². The van der Waals surface area contributed by atoms with Gasteiger partial charge < -0.3 is 14.6 Å². The van der Waals surface area contributed by atoms with Crippen LogP contribution in [-0.2, 0) is 4.74 Å². The fourth-order valence-corrected chi connectivity index (χ4v) is 2.27. The van der Waals surface area contributed by atoms with Gasteiger partial charge in [0.1, 0.15) is 6.54 Å². The van der Waals surface area contributed by atoms with E-state index in [1.165, 1.54) is 6.07 Å². The molecule has 0 saturated carbocycles. The van der Waals surface area contributed by atoms with Gasteiger partial charge in [-0.3, -0.25) is 9.59 Å². The Hall–Kier alpha value is -1.83. The number of amides is 1. The van der Waals surface area contributed by atoms with E-state index in [0.717, 1.165) is 17.2 Å². The van der Waals surface area contributed by atoms with E-state index in [0.29, 0.717) is 26.1 Å². The minimum absolute atomic E-state index is 0.0327. The lowest BCUT2D eigenvalue weighted by molar-refractivity contribution is -0.147. The van der Waals surface area contributed by atoms with Crippen LogP contribution in [0.3, 0.4) is 0 Å². The predicted molar refractivity (Wildman–Crippen MR) is 68.0 cm³/mol. The monoisotopic (exact) mass is 304 g/mol. The number of hydrogen-bond acceptors (Lipinski definition) is 3. The molecule has 1 amide bonds. The van der Waals surface area contributed by atoms with Crippen molar-refractivity contribution in [3.8, 4) is 0 Å². The number of ether oxygens (including phenoxy) is 1. The highest BCUT2D eigenvalue weighted by Crippen LogP contribution is 2.23. The molecular formula is C13H15F3N2O3. The molecule has 0 spiro atoms. The third-order valence-corrected chi connectivity index (χ3v) is 3.27. The maximum atomic E-state index is 12.7. The minimum Gasteiger partial charge on any atom is -0.381 e. The Morgan fingerprint density at radius 1 is 1.33 bits per heavy atom. The number of nitrogens with one attached hydrogen (secondary N) is 1. The normalized spacial score (nSPS) is 16.7. The highest BCUT2D eigenvalue weighted by Gasteiger charge is 2.37. The van der Waals surface area contributed by atoms with E-state index < -0.39 is 30.2 Å². The standard InChI is InChI=1S/C13H15F3N2O3/c14-13(15,16)8-18(10-3-5-21-6-4-10)12(20)9-1-2-11(19)17-7-9/h1-2,7,10H,3-6,8H2,(H,17,19). The van der Waals surface area contributed by atoms with Crippen LogP contribution in [-0.4, -0.2) is 47.8 Å². The number of aromatic amines is 1. The zero-order valence-electron chi connectivity index (χ0n) is 11.2. The Balaban J connectivity index is 2.22. The third kappa shape index (κ3) is 4.32. The molecular weight excluding hydrogens is 289 g/mol. The van der Waals surface area contributed by atoms with E-state index in [1.54, 1.807) is 0 Å². The lowest BCUT2D eigenvalue weighted by atomic mass is 10.1. The average molecular weight is 304 g/mol. The molecule has 2 rings (SSSR count). The lowest BCUT2D eigenvalue weighted by Gasteiger charge is -2.34. The third-order valence-electron chi connectivity index (χ3n) is 3.27. The first-order chi connectivity index (χ1) is 9.87. The largest absolute Gasteiger partial charge is 0.406 e. The molecule has 5 nitrogen and oxygen atoms in total. The van der Waals surface area contributed by atoms with Gasteiger partial charge in [0.2, 0.25) is 5.56 Å². The van der Waals surface area contributed by atoms with Crippen molar-refractivity contribution in [2.75, 3.05) is 19.8 Å². The van der Waals surface area contributed by atoms with Crippen LogP contribution in [0.1, 0.15) is 23.2 Å². The van der Waals surface area contributed by atoms with E-state index in [-0.39, 0.29) is 5.56 Å². The van der Waals surface area contributed by atoms with Gasteiger partial charge in [0, 0.05) is 31.5 Å².